The number of para-hydroxylation sites is 1. The molecule has 1 saturated carbocycles. The third-order valence-electron chi connectivity index (χ3n) is 6.59. The van der Waals surface area contributed by atoms with Gasteiger partial charge in [0.25, 0.3) is 5.91 Å². The Bertz CT molecular complexity index is 996. The van der Waals surface area contributed by atoms with E-state index in [2.05, 4.69) is 33.6 Å². The Kier molecular flexibility index (Phi) is 7.86. The van der Waals surface area contributed by atoms with Crippen LogP contribution in [0.25, 0.3) is 10.9 Å². The van der Waals surface area contributed by atoms with E-state index in [0.717, 1.165) is 37.6 Å². The van der Waals surface area contributed by atoms with Crippen LogP contribution in [0.2, 0.25) is 5.02 Å². The van der Waals surface area contributed by atoms with Crippen molar-refractivity contribution < 1.29 is 14.7 Å². The molecule has 1 saturated heterocycles. The smallest absolute Gasteiger partial charge is 0.268 e. The van der Waals surface area contributed by atoms with Gasteiger partial charge >= 0.3 is 0 Å². The van der Waals surface area contributed by atoms with Crippen molar-refractivity contribution in [1.82, 2.24) is 20.9 Å². The number of hydrogen-bond acceptors (Lipinski definition) is 6. The van der Waals surface area contributed by atoms with Crippen molar-refractivity contribution in [2.45, 2.75) is 62.2 Å². The highest BCUT2D eigenvalue weighted by atomic mass is 35.5. The fourth-order valence-corrected chi connectivity index (χ4v) is 4.90. The second kappa shape index (κ2) is 10.7. The Morgan fingerprint density at radius 1 is 1.24 bits per heavy atom. The maximum atomic E-state index is 13.2. The normalized spacial score (nSPS) is 23.6. The Labute approximate surface area is 203 Å². The second-order valence-corrected chi connectivity index (χ2v) is 10.2. The summed E-state index contributed by atoms with van der Waals surface area (Å²) in [6.45, 7) is 0.774. The molecule has 7 N–H and O–H groups in total. The number of carbonyl (C=O) groups excluding carboxylic acids is 2. The van der Waals surface area contributed by atoms with Crippen molar-refractivity contribution >= 4 is 46.9 Å². The van der Waals surface area contributed by atoms with Crippen LogP contribution in [0, 0.1) is 11.8 Å². The number of carbonyl (C=O) groups is 2. The standard InChI is InChI=1S/C23H32ClN5O3S/c24-15-5-1-3-13-10-18(27-19(13)15)23(32)29-17(9-12-6-7-12)22(31)28-16(20(25)33)11-14-4-2-8-26-21(14)30/h1,3,5,10,12,14,16-17,20-21,26-27,30,33H,2,4,6-9,11,25H2,(H,28,31)(H,29,32)/t14-,16-,17-,20+,21+/m0/s1. The molecule has 0 bridgehead atoms. The lowest BCUT2D eigenvalue weighted by atomic mass is 9.90. The highest BCUT2D eigenvalue weighted by molar-refractivity contribution is 7.80. The average Bonchev–Trinajstić information content (AvgIpc) is 3.48. The summed E-state index contributed by atoms with van der Waals surface area (Å²) in [5.41, 5.74) is 7.09. The molecular weight excluding hydrogens is 462 g/mol. The van der Waals surface area contributed by atoms with Crippen LogP contribution < -0.4 is 21.7 Å². The Hall–Kier alpha value is -1.78. The van der Waals surface area contributed by atoms with E-state index >= 15 is 0 Å². The summed E-state index contributed by atoms with van der Waals surface area (Å²) in [5, 5.41) is 19.9. The summed E-state index contributed by atoms with van der Waals surface area (Å²) in [6.07, 6.45) is 4.37. The van der Waals surface area contributed by atoms with Gasteiger partial charge in [-0.05, 0) is 50.3 Å². The van der Waals surface area contributed by atoms with Crippen molar-refractivity contribution in [2.24, 2.45) is 17.6 Å². The van der Waals surface area contributed by atoms with Gasteiger partial charge in [-0.25, -0.2) is 0 Å². The molecule has 1 aromatic heterocycles. The van der Waals surface area contributed by atoms with E-state index in [9.17, 15) is 14.7 Å². The number of aromatic nitrogens is 1. The van der Waals surface area contributed by atoms with Crippen LogP contribution in [0.1, 0.15) is 49.0 Å². The van der Waals surface area contributed by atoms with Crippen LogP contribution >= 0.6 is 24.2 Å². The average molecular weight is 494 g/mol. The molecule has 4 rings (SSSR count). The van der Waals surface area contributed by atoms with Gasteiger partial charge in [-0.2, -0.15) is 12.6 Å². The number of fused-ring (bicyclic) bond motifs is 1. The predicted octanol–water partition coefficient (Wildman–Crippen LogP) is 2.13. The molecule has 2 aliphatic rings. The van der Waals surface area contributed by atoms with Crippen LogP contribution in [0.5, 0.6) is 0 Å². The molecule has 2 heterocycles. The lowest BCUT2D eigenvalue weighted by Crippen LogP contribution is -2.55. The first-order valence-corrected chi connectivity index (χ1v) is 12.4. The lowest BCUT2D eigenvalue weighted by Gasteiger charge is -2.33. The summed E-state index contributed by atoms with van der Waals surface area (Å²) in [4.78, 5) is 29.2. The molecule has 180 valence electrons. The molecule has 1 aromatic carbocycles. The molecule has 1 aliphatic carbocycles. The molecule has 2 aromatic rings. The van der Waals surface area contributed by atoms with Gasteiger partial charge < -0.3 is 26.5 Å². The maximum absolute atomic E-state index is 13.2. The Morgan fingerprint density at radius 2 is 2.03 bits per heavy atom. The van der Waals surface area contributed by atoms with Crippen LogP contribution in [0.15, 0.2) is 24.3 Å². The number of halogens is 1. The van der Waals surface area contributed by atoms with E-state index < -0.39 is 23.7 Å². The third kappa shape index (κ3) is 6.22. The zero-order valence-electron chi connectivity index (χ0n) is 18.4. The molecule has 0 unspecified atom stereocenters. The maximum Gasteiger partial charge on any atom is 0.268 e. The van der Waals surface area contributed by atoms with E-state index in [4.69, 9.17) is 17.3 Å². The highest BCUT2D eigenvalue weighted by Crippen LogP contribution is 2.34. The molecule has 0 spiro atoms. The molecule has 2 amide bonds. The van der Waals surface area contributed by atoms with E-state index in [1.165, 1.54) is 0 Å². The van der Waals surface area contributed by atoms with Gasteiger partial charge in [-0.1, -0.05) is 36.6 Å². The minimum Gasteiger partial charge on any atom is -0.378 e. The van der Waals surface area contributed by atoms with Crippen molar-refractivity contribution in [1.29, 1.82) is 0 Å². The minimum atomic E-state index is -0.684. The molecular formula is C23H32ClN5O3S. The van der Waals surface area contributed by atoms with Crippen LogP contribution in [-0.2, 0) is 4.79 Å². The molecule has 8 nitrogen and oxygen atoms in total. The van der Waals surface area contributed by atoms with E-state index in [0.29, 0.717) is 35.0 Å². The third-order valence-corrected chi connectivity index (χ3v) is 7.26. The monoisotopic (exact) mass is 493 g/mol. The van der Waals surface area contributed by atoms with Gasteiger partial charge in [-0.15, -0.1) is 0 Å². The predicted molar refractivity (Wildman–Crippen MR) is 132 cm³/mol. The number of aliphatic hydroxyl groups excluding tert-OH is 1. The lowest BCUT2D eigenvalue weighted by molar-refractivity contribution is -0.124. The number of thiol groups is 1. The Morgan fingerprint density at radius 3 is 2.70 bits per heavy atom. The van der Waals surface area contributed by atoms with Crippen molar-refractivity contribution in [3.8, 4) is 0 Å². The number of aliphatic hydroxyl groups is 1. The number of rotatable bonds is 9. The zero-order chi connectivity index (χ0) is 23.5. The van der Waals surface area contributed by atoms with Gasteiger partial charge in [0.1, 0.15) is 18.0 Å². The molecule has 33 heavy (non-hydrogen) atoms. The summed E-state index contributed by atoms with van der Waals surface area (Å²) in [5.74, 6) is -0.237. The van der Waals surface area contributed by atoms with Crippen LogP contribution in [0.3, 0.4) is 0 Å². The van der Waals surface area contributed by atoms with E-state index in [1.807, 2.05) is 12.1 Å². The van der Waals surface area contributed by atoms with E-state index in [-0.39, 0.29) is 17.7 Å². The van der Waals surface area contributed by atoms with Gasteiger partial charge in [0.05, 0.1) is 22.0 Å². The summed E-state index contributed by atoms with van der Waals surface area (Å²) in [7, 11) is 0. The first-order chi connectivity index (χ1) is 15.8. The number of nitrogens with two attached hydrogens (primary N) is 1. The fourth-order valence-electron chi connectivity index (χ4n) is 4.47. The fraction of sp³-hybridized carbons (Fsp3) is 0.565. The molecule has 1 aliphatic heterocycles. The quantitative estimate of drug-likeness (QED) is 0.212. The van der Waals surface area contributed by atoms with Crippen LogP contribution in [0.4, 0.5) is 0 Å². The molecule has 5 atom stereocenters. The first-order valence-electron chi connectivity index (χ1n) is 11.6. The number of benzene rings is 1. The summed E-state index contributed by atoms with van der Waals surface area (Å²) >= 11 is 10.6. The van der Waals surface area contributed by atoms with E-state index in [1.54, 1.807) is 12.1 Å². The first kappa shape index (κ1) is 24.3. The number of amides is 2. The molecule has 10 heteroatoms. The number of nitrogens with one attached hydrogen (secondary N) is 4. The number of H-pyrrole nitrogens is 1. The molecule has 0 radical (unpaired) electrons. The number of aromatic amines is 1. The van der Waals surface area contributed by atoms with Gasteiger partial charge in [-0.3, -0.25) is 14.9 Å². The van der Waals surface area contributed by atoms with Crippen molar-refractivity contribution in [2.75, 3.05) is 6.54 Å². The van der Waals surface area contributed by atoms with Gasteiger partial charge in [0.2, 0.25) is 5.91 Å². The largest absolute Gasteiger partial charge is 0.378 e. The van der Waals surface area contributed by atoms with Crippen molar-refractivity contribution in [3.63, 3.8) is 0 Å². The molecule has 2 fully saturated rings. The SMILES string of the molecule is N[C@H](S)[C@H](C[C@@H]1CCCN[C@@H]1O)NC(=O)[C@H](CC1CC1)NC(=O)c1cc2cccc(Cl)c2[nH]1. The second-order valence-electron chi connectivity index (χ2n) is 9.23. The zero-order valence-corrected chi connectivity index (χ0v) is 20.0. The minimum absolute atomic E-state index is 0.0187. The number of piperidine rings is 1. The highest BCUT2D eigenvalue weighted by Gasteiger charge is 2.34. The van der Waals surface area contributed by atoms with Crippen LogP contribution in [-0.4, -0.2) is 52.1 Å². The summed E-state index contributed by atoms with van der Waals surface area (Å²) in [6, 6.07) is 6.07. The Balaban J connectivity index is 1.44. The van der Waals surface area contributed by atoms with Gasteiger partial charge in [0.15, 0.2) is 0 Å². The number of hydrogen-bond donors (Lipinski definition) is 7. The van der Waals surface area contributed by atoms with Crippen molar-refractivity contribution in [3.05, 3.63) is 35.0 Å². The topological polar surface area (TPSA) is 132 Å². The van der Waals surface area contributed by atoms with Gasteiger partial charge in [0, 0.05) is 11.3 Å². The summed E-state index contributed by atoms with van der Waals surface area (Å²) < 4.78 is 0.